The van der Waals surface area contributed by atoms with Crippen LogP contribution in [0.15, 0.2) is 9.52 Å². The lowest BCUT2D eigenvalue weighted by atomic mass is 10.2. The van der Waals surface area contributed by atoms with Gasteiger partial charge in [0.1, 0.15) is 12.6 Å². The van der Waals surface area contributed by atoms with E-state index in [4.69, 9.17) is 9.26 Å². The standard InChI is InChI=1S/C19H38N6O2.HI/c1-7-20-19(22-15(5)12-11-13-25(8-2)9-3)21-14-17-23-18(24-27-17)16(6)26-10-4;/h15-16H,7-14H2,1-6H3,(H2,20,21,22);1H. The zero-order valence-corrected chi connectivity index (χ0v) is 20.7. The lowest BCUT2D eigenvalue weighted by molar-refractivity contribution is 0.0683. The number of halogens is 1. The van der Waals surface area contributed by atoms with Crippen LogP contribution in [0.2, 0.25) is 0 Å². The van der Waals surface area contributed by atoms with Crippen molar-refractivity contribution in [3.8, 4) is 0 Å². The van der Waals surface area contributed by atoms with E-state index in [1.165, 1.54) is 0 Å². The Labute approximate surface area is 187 Å². The van der Waals surface area contributed by atoms with Crippen molar-refractivity contribution in [2.24, 2.45) is 4.99 Å². The smallest absolute Gasteiger partial charge is 0.248 e. The number of hydrogen-bond acceptors (Lipinski definition) is 6. The number of hydrogen-bond donors (Lipinski definition) is 2. The molecule has 0 saturated heterocycles. The topological polar surface area (TPSA) is 87.8 Å². The second-order valence-corrected chi connectivity index (χ2v) is 6.55. The molecule has 0 aromatic carbocycles. The third-order valence-electron chi connectivity index (χ3n) is 4.37. The van der Waals surface area contributed by atoms with Gasteiger partial charge in [-0.3, -0.25) is 0 Å². The summed E-state index contributed by atoms with van der Waals surface area (Å²) in [5, 5.41) is 10.7. The molecule has 9 heteroatoms. The van der Waals surface area contributed by atoms with E-state index in [0.29, 0.717) is 30.9 Å². The van der Waals surface area contributed by atoms with Gasteiger partial charge in [-0.1, -0.05) is 19.0 Å². The fourth-order valence-corrected chi connectivity index (χ4v) is 2.76. The Morgan fingerprint density at radius 3 is 2.54 bits per heavy atom. The predicted molar refractivity (Wildman–Crippen MR) is 124 cm³/mol. The van der Waals surface area contributed by atoms with Gasteiger partial charge < -0.3 is 24.8 Å². The SMILES string of the molecule is CCNC(=NCc1nc(C(C)OCC)no1)NC(C)CCCN(CC)CC.I. The molecule has 1 aromatic rings. The van der Waals surface area contributed by atoms with E-state index in [-0.39, 0.29) is 30.1 Å². The number of rotatable bonds is 13. The Morgan fingerprint density at radius 1 is 1.21 bits per heavy atom. The Hall–Kier alpha value is -0.940. The van der Waals surface area contributed by atoms with Crippen LogP contribution in [-0.2, 0) is 11.3 Å². The van der Waals surface area contributed by atoms with Crippen molar-refractivity contribution in [3.63, 3.8) is 0 Å². The van der Waals surface area contributed by atoms with Gasteiger partial charge in [0.15, 0.2) is 11.8 Å². The van der Waals surface area contributed by atoms with Gasteiger partial charge in [-0.2, -0.15) is 4.98 Å². The molecule has 8 nitrogen and oxygen atoms in total. The number of aromatic nitrogens is 2. The summed E-state index contributed by atoms with van der Waals surface area (Å²) < 4.78 is 10.8. The van der Waals surface area contributed by atoms with Crippen LogP contribution in [0.4, 0.5) is 0 Å². The maximum absolute atomic E-state index is 5.48. The molecule has 1 aromatic heterocycles. The number of guanidine groups is 1. The molecule has 0 aliphatic heterocycles. The first-order chi connectivity index (χ1) is 13.0. The highest BCUT2D eigenvalue weighted by Crippen LogP contribution is 2.13. The van der Waals surface area contributed by atoms with Crippen molar-refractivity contribution >= 4 is 29.9 Å². The first-order valence-electron chi connectivity index (χ1n) is 10.2. The average molecular weight is 510 g/mol. The van der Waals surface area contributed by atoms with E-state index in [0.717, 1.165) is 45.0 Å². The van der Waals surface area contributed by atoms with Gasteiger partial charge >= 0.3 is 0 Å². The number of nitrogens with zero attached hydrogens (tertiary/aromatic N) is 4. The van der Waals surface area contributed by atoms with Gasteiger partial charge in [0.25, 0.3) is 0 Å². The van der Waals surface area contributed by atoms with Crippen molar-refractivity contribution in [2.75, 3.05) is 32.8 Å². The fraction of sp³-hybridized carbons (Fsp3) is 0.842. The molecule has 164 valence electrons. The Morgan fingerprint density at radius 2 is 1.93 bits per heavy atom. The summed E-state index contributed by atoms with van der Waals surface area (Å²) in [6.07, 6.45) is 2.09. The van der Waals surface area contributed by atoms with E-state index in [9.17, 15) is 0 Å². The highest BCUT2D eigenvalue weighted by Gasteiger charge is 2.14. The van der Waals surface area contributed by atoms with Gasteiger partial charge in [0.05, 0.1) is 0 Å². The van der Waals surface area contributed by atoms with E-state index < -0.39 is 0 Å². The lowest BCUT2D eigenvalue weighted by Crippen LogP contribution is -2.42. The third kappa shape index (κ3) is 10.6. The molecule has 28 heavy (non-hydrogen) atoms. The summed E-state index contributed by atoms with van der Waals surface area (Å²) in [6, 6.07) is 0.342. The van der Waals surface area contributed by atoms with E-state index >= 15 is 0 Å². The molecular formula is C19H39IN6O2. The van der Waals surface area contributed by atoms with Crippen molar-refractivity contribution in [1.82, 2.24) is 25.7 Å². The van der Waals surface area contributed by atoms with Gasteiger partial charge in [-0.05, 0) is 60.2 Å². The van der Waals surface area contributed by atoms with Crippen LogP contribution in [0.5, 0.6) is 0 Å². The van der Waals surface area contributed by atoms with Crippen molar-refractivity contribution < 1.29 is 9.26 Å². The third-order valence-corrected chi connectivity index (χ3v) is 4.37. The first-order valence-corrected chi connectivity index (χ1v) is 10.2. The summed E-state index contributed by atoms with van der Waals surface area (Å²) in [7, 11) is 0. The maximum Gasteiger partial charge on any atom is 0.248 e. The summed E-state index contributed by atoms with van der Waals surface area (Å²) in [5.41, 5.74) is 0. The van der Waals surface area contributed by atoms with Crippen molar-refractivity contribution in [2.45, 2.75) is 73.1 Å². The quantitative estimate of drug-likeness (QED) is 0.239. The van der Waals surface area contributed by atoms with Gasteiger partial charge in [-0.15, -0.1) is 24.0 Å². The monoisotopic (exact) mass is 510 g/mol. The minimum Gasteiger partial charge on any atom is -0.371 e. The number of nitrogens with one attached hydrogen (secondary N) is 2. The zero-order chi connectivity index (χ0) is 20.1. The van der Waals surface area contributed by atoms with Crippen LogP contribution < -0.4 is 10.6 Å². The predicted octanol–water partition coefficient (Wildman–Crippen LogP) is 3.35. The molecule has 0 radical (unpaired) electrons. The van der Waals surface area contributed by atoms with Crippen LogP contribution in [0, 0.1) is 0 Å². The molecule has 2 atom stereocenters. The summed E-state index contributed by atoms with van der Waals surface area (Å²) >= 11 is 0. The molecule has 2 N–H and O–H groups in total. The second-order valence-electron chi connectivity index (χ2n) is 6.55. The molecular weight excluding hydrogens is 471 g/mol. The molecule has 0 aliphatic rings. The number of ether oxygens (including phenoxy) is 1. The Bertz CT molecular complexity index is 536. The van der Waals surface area contributed by atoms with E-state index in [2.05, 4.69) is 58.4 Å². The van der Waals surface area contributed by atoms with E-state index in [1.54, 1.807) is 0 Å². The number of aliphatic imine (C=N–C) groups is 1. The minimum absolute atomic E-state index is 0. The normalized spacial score (nSPS) is 13.9. The molecule has 0 spiro atoms. The highest BCUT2D eigenvalue weighted by atomic mass is 127. The molecule has 0 saturated carbocycles. The van der Waals surface area contributed by atoms with Crippen LogP contribution in [0.3, 0.4) is 0 Å². The zero-order valence-electron chi connectivity index (χ0n) is 18.3. The molecule has 0 amide bonds. The second kappa shape index (κ2) is 15.9. The van der Waals surface area contributed by atoms with Crippen molar-refractivity contribution in [3.05, 3.63) is 11.7 Å². The highest BCUT2D eigenvalue weighted by molar-refractivity contribution is 14.0. The van der Waals surface area contributed by atoms with Gasteiger partial charge in [-0.25, -0.2) is 4.99 Å². The largest absolute Gasteiger partial charge is 0.371 e. The molecule has 1 rings (SSSR count). The Balaban J connectivity index is 0.00000729. The van der Waals surface area contributed by atoms with Gasteiger partial charge in [0, 0.05) is 19.2 Å². The molecule has 0 bridgehead atoms. The summed E-state index contributed by atoms with van der Waals surface area (Å²) in [5.74, 6) is 1.82. The van der Waals surface area contributed by atoms with Crippen LogP contribution in [0.1, 0.15) is 72.2 Å². The fourth-order valence-electron chi connectivity index (χ4n) is 2.76. The molecule has 2 unspecified atom stereocenters. The van der Waals surface area contributed by atoms with Gasteiger partial charge in [0.2, 0.25) is 5.89 Å². The summed E-state index contributed by atoms with van der Waals surface area (Å²) in [4.78, 5) is 11.4. The molecule has 1 heterocycles. The first kappa shape index (κ1) is 27.1. The minimum atomic E-state index is -0.173. The van der Waals surface area contributed by atoms with Crippen LogP contribution >= 0.6 is 24.0 Å². The lowest BCUT2D eigenvalue weighted by Gasteiger charge is -2.21. The Kier molecular flexibility index (Phi) is 15.4. The maximum atomic E-state index is 5.48. The van der Waals surface area contributed by atoms with E-state index in [1.807, 2.05) is 13.8 Å². The summed E-state index contributed by atoms with van der Waals surface area (Å²) in [6.45, 7) is 17.6. The van der Waals surface area contributed by atoms with Crippen molar-refractivity contribution in [1.29, 1.82) is 0 Å². The average Bonchev–Trinajstić information content (AvgIpc) is 3.13. The molecule has 0 aliphatic carbocycles. The molecule has 0 fully saturated rings. The van der Waals surface area contributed by atoms with Crippen LogP contribution in [-0.4, -0.2) is 59.8 Å². The van der Waals surface area contributed by atoms with Crippen LogP contribution in [0.25, 0.3) is 0 Å².